The first-order valence-electron chi connectivity index (χ1n) is 6.45. The molecule has 0 atom stereocenters. The first-order chi connectivity index (χ1) is 9.24. The average molecular weight is 282 g/mol. The molecule has 0 saturated heterocycles. The highest BCUT2D eigenvalue weighted by atomic mass is 32.2. The first kappa shape index (κ1) is 14.1. The fourth-order valence-corrected chi connectivity index (χ4v) is 2.75. The monoisotopic (exact) mass is 282 g/mol. The van der Waals surface area contributed by atoms with Gasteiger partial charge in [0.05, 0.1) is 0 Å². The van der Waals surface area contributed by atoms with E-state index >= 15 is 0 Å². The second-order valence-corrected chi connectivity index (χ2v) is 5.33. The molecule has 7 heteroatoms. The van der Waals surface area contributed by atoms with E-state index in [9.17, 15) is 9.59 Å². The van der Waals surface area contributed by atoms with Gasteiger partial charge in [0.1, 0.15) is 5.56 Å². The smallest absolute Gasteiger partial charge is 0.267 e. The van der Waals surface area contributed by atoms with Crippen LogP contribution in [-0.2, 0) is 6.54 Å². The molecule has 19 heavy (non-hydrogen) atoms. The number of amides is 1. The fraction of sp³-hybridized carbons (Fsp3) is 0.583. The lowest BCUT2D eigenvalue weighted by atomic mass is 10.3. The van der Waals surface area contributed by atoms with Crippen LogP contribution in [0.25, 0.3) is 0 Å². The Labute approximate surface area is 116 Å². The molecule has 0 saturated carbocycles. The van der Waals surface area contributed by atoms with E-state index in [0.717, 1.165) is 18.7 Å². The zero-order valence-electron chi connectivity index (χ0n) is 10.9. The lowest BCUT2D eigenvalue weighted by Gasteiger charge is -2.07. The molecule has 1 aromatic heterocycles. The zero-order valence-corrected chi connectivity index (χ0v) is 11.8. The maximum Gasteiger partial charge on any atom is 0.267 e. The van der Waals surface area contributed by atoms with Gasteiger partial charge in [-0.15, -0.1) is 0 Å². The molecule has 1 amide bonds. The second-order valence-electron chi connectivity index (χ2n) is 4.27. The summed E-state index contributed by atoms with van der Waals surface area (Å²) in [6.45, 7) is 4.85. The summed E-state index contributed by atoms with van der Waals surface area (Å²) in [4.78, 5) is 28.1. The van der Waals surface area contributed by atoms with E-state index in [1.807, 2.05) is 0 Å². The Hall–Kier alpha value is -1.34. The van der Waals surface area contributed by atoms with Gasteiger partial charge in [0.25, 0.3) is 11.5 Å². The standard InChI is InChI=1S/C12H18N4O2S/c1-2-3-13-4-5-14-10(17)9-8-15-12-16(11(9)18)6-7-19-12/h8,13H,2-7H2,1H3,(H,14,17). The van der Waals surface area contributed by atoms with Crippen molar-refractivity contribution in [3.8, 4) is 0 Å². The van der Waals surface area contributed by atoms with E-state index in [-0.39, 0.29) is 17.0 Å². The van der Waals surface area contributed by atoms with Crippen molar-refractivity contribution in [1.82, 2.24) is 20.2 Å². The minimum absolute atomic E-state index is 0.127. The minimum Gasteiger partial charge on any atom is -0.351 e. The number of carbonyl (C=O) groups excluding carboxylic acids is 1. The second kappa shape index (κ2) is 6.72. The number of hydrogen-bond acceptors (Lipinski definition) is 5. The van der Waals surface area contributed by atoms with Gasteiger partial charge >= 0.3 is 0 Å². The SMILES string of the molecule is CCCNCCNC(=O)c1cnc2n(c1=O)CCS2. The Morgan fingerprint density at radius 3 is 3.11 bits per heavy atom. The highest BCUT2D eigenvalue weighted by Crippen LogP contribution is 2.20. The molecule has 0 bridgehead atoms. The lowest BCUT2D eigenvalue weighted by Crippen LogP contribution is -2.36. The van der Waals surface area contributed by atoms with Crippen LogP contribution in [0.15, 0.2) is 16.1 Å². The molecule has 1 aromatic rings. The Morgan fingerprint density at radius 1 is 1.47 bits per heavy atom. The van der Waals surface area contributed by atoms with Crippen molar-refractivity contribution in [3.63, 3.8) is 0 Å². The van der Waals surface area contributed by atoms with Gasteiger partial charge in [-0.3, -0.25) is 14.2 Å². The first-order valence-corrected chi connectivity index (χ1v) is 7.44. The molecule has 2 N–H and O–H groups in total. The predicted octanol–water partition coefficient (Wildman–Crippen LogP) is 0.0784. The van der Waals surface area contributed by atoms with E-state index < -0.39 is 0 Å². The summed E-state index contributed by atoms with van der Waals surface area (Å²) in [5, 5.41) is 6.61. The van der Waals surface area contributed by atoms with E-state index in [0.29, 0.717) is 24.8 Å². The number of rotatable bonds is 6. The van der Waals surface area contributed by atoms with E-state index in [4.69, 9.17) is 0 Å². The Bertz CT molecular complexity index is 515. The van der Waals surface area contributed by atoms with Gasteiger partial charge in [-0.05, 0) is 13.0 Å². The molecule has 0 fully saturated rings. The molecule has 1 aliphatic rings. The summed E-state index contributed by atoms with van der Waals surface area (Å²) in [6.07, 6.45) is 2.43. The van der Waals surface area contributed by atoms with Gasteiger partial charge in [0, 0.05) is 31.6 Å². The van der Waals surface area contributed by atoms with Crippen molar-refractivity contribution < 1.29 is 4.79 Å². The number of hydrogen-bond donors (Lipinski definition) is 2. The van der Waals surface area contributed by atoms with Crippen LogP contribution >= 0.6 is 11.8 Å². The number of carbonyl (C=O) groups is 1. The van der Waals surface area contributed by atoms with E-state index in [2.05, 4.69) is 22.5 Å². The molecule has 0 spiro atoms. The molecule has 0 aromatic carbocycles. The summed E-state index contributed by atoms with van der Waals surface area (Å²) in [5.41, 5.74) is -0.115. The summed E-state index contributed by atoms with van der Waals surface area (Å²) < 4.78 is 1.56. The third kappa shape index (κ3) is 3.36. The number of fused-ring (bicyclic) bond motifs is 1. The van der Waals surface area contributed by atoms with Crippen LogP contribution in [0.1, 0.15) is 23.7 Å². The highest BCUT2D eigenvalue weighted by molar-refractivity contribution is 7.99. The number of nitrogens with one attached hydrogen (secondary N) is 2. The van der Waals surface area contributed by atoms with E-state index in [1.54, 1.807) is 4.57 Å². The third-order valence-corrected chi connectivity index (χ3v) is 3.79. The number of aromatic nitrogens is 2. The van der Waals surface area contributed by atoms with Crippen LogP contribution in [0.3, 0.4) is 0 Å². The van der Waals surface area contributed by atoms with Crippen LogP contribution in [0.4, 0.5) is 0 Å². The topological polar surface area (TPSA) is 76.0 Å². The summed E-state index contributed by atoms with van der Waals surface area (Å²) in [5.74, 6) is 0.497. The average Bonchev–Trinajstić information content (AvgIpc) is 2.88. The van der Waals surface area contributed by atoms with Gasteiger partial charge in [-0.2, -0.15) is 0 Å². The Morgan fingerprint density at radius 2 is 2.32 bits per heavy atom. The molecule has 6 nitrogen and oxygen atoms in total. The van der Waals surface area contributed by atoms with Gasteiger partial charge in [0.15, 0.2) is 5.16 Å². The summed E-state index contributed by atoms with van der Waals surface area (Å²) in [7, 11) is 0. The lowest BCUT2D eigenvalue weighted by molar-refractivity contribution is 0.0951. The molecule has 104 valence electrons. The normalized spacial score (nSPS) is 13.3. The van der Waals surface area contributed by atoms with Crippen molar-refractivity contribution >= 4 is 17.7 Å². The van der Waals surface area contributed by atoms with Gasteiger partial charge in [-0.1, -0.05) is 18.7 Å². The Balaban J connectivity index is 1.95. The number of nitrogens with zero attached hydrogens (tertiary/aromatic N) is 2. The zero-order chi connectivity index (χ0) is 13.7. The summed E-state index contributed by atoms with van der Waals surface area (Å²) in [6, 6.07) is 0. The molecule has 1 aliphatic heterocycles. The molecule has 2 heterocycles. The molecule has 0 aliphatic carbocycles. The van der Waals surface area contributed by atoms with Gasteiger partial charge < -0.3 is 10.6 Å². The Kier molecular flexibility index (Phi) is 4.98. The van der Waals surface area contributed by atoms with Crippen LogP contribution in [0, 0.1) is 0 Å². The van der Waals surface area contributed by atoms with Crippen molar-refractivity contribution in [2.75, 3.05) is 25.4 Å². The van der Waals surface area contributed by atoms with Crippen LogP contribution in [0.2, 0.25) is 0 Å². The maximum atomic E-state index is 12.1. The molecular formula is C12H18N4O2S. The maximum absolute atomic E-state index is 12.1. The largest absolute Gasteiger partial charge is 0.351 e. The van der Waals surface area contributed by atoms with Crippen molar-refractivity contribution in [2.45, 2.75) is 25.0 Å². The minimum atomic E-state index is -0.344. The van der Waals surface area contributed by atoms with Gasteiger partial charge in [-0.25, -0.2) is 4.98 Å². The molecular weight excluding hydrogens is 264 g/mol. The third-order valence-electron chi connectivity index (χ3n) is 2.82. The van der Waals surface area contributed by atoms with Crippen molar-refractivity contribution in [1.29, 1.82) is 0 Å². The van der Waals surface area contributed by atoms with E-state index in [1.165, 1.54) is 18.0 Å². The molecule has 2 rings (SSSR count). The quantitative estimate of drug-likeness (QED) is 0.571. The highest BCUT2D eigenvalue weighted by Gasteiger charge is 2.19. The van der Waals surface area contributed by atoms with Crippen LogP contribution in [-0.4, -0.2) is 40.8 Å². The van der Waals surface area contributed by atoms with Gasteiger partial charge in [0.2, 0.25) is 0 Å². The molecule has 0 radical (unpaired) electrons. The fourth-order valence-electron chi connectivity index (χ4n) is 1.83. The number of thioether (sulfide) groups is 1. The molecule has 0 unspecified atom stereocenters. The van der Waals surface area contributed by atoms with Crippen molar-refractivity contribution in [2.24, 2.45) is 0 Å². The van der Waals surface area contributed by atoms with Crippen LogP contribution < -0.4 is 16.2 Å². The van der Waals surface area contributed by atoms with Crippen LogP contribution in [0.5, 0.6) is 0 Å². The predicted molar refractivity (Wildman–Crippen MR) is 74.7 cm³/mol. The van der Waals surface area contributed by atoms with Crippen molar-refractivity contribution in [3.05, 3.63) is 22.1 Å². The summed E-state index contributed by atoms with van der Waals surface area (Å²) >= 11 is 1.54.